The molecule has 27 heavy (non-hydrogen) atoms. The fourth-order valence-electron chi connectivity index (χ4n) is 3.22. The SMILES string of the molecule is CC(=O)c1ccc(S(=O)(=O)NCCC(=O)NC2CCc3ccccc32)cc1. The molecule has 0 saturated carbocycles. The van der Waals surface area contributed by atoms with Crippen LogP contribution in [0.15, 0.2) is 53.4 Å². The second-order valence-electron chi connectivity index (χ2n) is 6.59. The molecule has 0 saturated heterocycles. The Morgan fingerprint density at radius 2 is 1.78 bits per heavy atom. The Labute approximate surface area is 159 Å². The average molecular weight is 386 g/mol. The number of hydrogen-bond acceptors (Lipinski definition) is 4. The molecule has 0 aromatic heterocycles. The number of benzene rings is 2. The van der Waals surface area contributed by atoms with Crippen molar-refractivity contribution in [2.24, 2.45) is 0 Å². The average Bonchev–Trinajstić information content (AvgIpc) is 3.04. The lowest BCUT2D eigenvalue weighted by molar-refractivity contribution is -0.121. The highest BCUT2D eigenvalue weighted by molar-refractivity contribution is 7.89. The molecule has 7 heteroatoms. The van der Waals surface area contributed by atoms with Gasteiger partial charge in [0.25, 0.3) is 0 Å². The van der Waals surface area contributed by atoms with Crippen molar-refractivity contribution in [2.45, 2.75) is 37.1 Å². The molecule has 2 aromatic rings. The Morgan fingerprint density at radius 3 is 2.48 bits per heavy atom. The van der Waals surface area contributed by atoms with E-state index in [1.54, 1.807) is 0 Å². The maximum atomic E-state index is 12.3. The molecule has 6 nitrogen and oxygen atoms in total. The van der Waals surface area contributed by atoms with Gasteiger partial charge in [0.05, 0.1) is 10.9 Å². The monoisotopic (exact) mass is 386 g/mol. The lowest BCUT2D eigenvalue weighted by atomic mass is 10.1. The molecule has 3 rings (SSSR count). The molecule has 142 valence electrons. The summed E-state index contributed by atoms with van der Waals surface area (Å²) >= 11 is 0. The van der Waals surface area contributed by atoms with E-state index in [9.17, 15) is 18.0 Å². The van der Waals surface area contributed by atoms with Crippen LogP contribution in [-0.2, 0) is 21.2 Å². The maximum Gasteiger partial charge on any atom is 0.240 e. The van der Waals surface area contributed by atoms with Crippen molar-refractivity contribution in [1.29, 1.82) is 0 Å². The van der Waals surface area contributed by atoms with Crippen LogP contribution >= 0.6 is 0 Å². The predicted molar refractivity (Wildman–Crippen MR) is 102 cm³/mol. The molecule has 1 amide bonds. The van der Waals surface area contributed by atoms with E-state index in [-0.39, 0.29) is 35.6 Å². The summed E-state index contributed by atoms with van der Waals surface area (Å²) in [6.07, 6.45) is 1.85. The van der Waals surface area contributed by atoms with Crippen LogP contribution in [-0.4, -0.2) is 26.7 Å². The largest absolute Gasteiger partial charge is 0.349 e. The number of hydrogen-bond donors (Lipinski definition) is 2. The quantitative estimate of drug-likeness (QED) is 0.715. The number of fused-ring (bicyclic) bond motifs is 1. The van der Waals surface area contributed by atoms with Gasteiger partial charge in [0.15, 0.2) is 5.78 Å². The highest BCUT2D eigenvalue weighted by atomic mass is 32.2. The van der Waals surface area contributed by atoms with Gasteiger partial charge in [-0.25, -0.2) is 13.1 Å². The van der Waals surface area contributed by atoms with Gasteiger partial charge in [-0.05, 0) is 43.0 Å². The molecule has 1 unspecified atom stereocenters. The molecule has 1 aliphatic carbocycles. The molecule has 1 aliphatic rings. The number of aryl methyl sites for hydroxylation is 1. The van der Waals surface area contributed by atoms with E-state index < -0.39 is 10.0 Å². The Kier molecular flexibility index (Phi) is 5.72. The van der Waals surface area contributed by atoms with E-state index in [1.165, 1.54) is 36.8 Å². The van der Waals surface area contributed by atoms with E-state index in [1.807, 2.05) is 18.2 Å². The number of Topliss-reactive ketones (excluding diaryl/α,β-unsaturated/α-hetero) is 1. The van der Waals surface area contributed by atoms with E-state index >= 15 is 0 Å². The van der Waals surface area contributed by atoms with Gasteiger partial charge in [0.2, 0.25) is 15.9 Å². The first-order valence-electron chi connectivity index (χ1n) is 8.84. The van der Waals surface area contributed by atoms with Gasteiger partial charge in [-0.3, -0.25) is 9.59 Å². The van der Waals surface area contributed by atoms with Gasteiger partial charge in [-0.1, -0.05) is 36.4 Å². The van der Waals surface area contributed by atoms with Gasteiger partial charge < -0.3 is 5.32 Å². The third kappa shape index (κ3) is 4.61. The number of carbonyl (C=O) groups excluding carboxylic acids is 2. The number of ketones is 1. The van der Waals surface area contributed by atoms with Crippen molar-refractivity contribution in [3.63, 3.8) is 0 Å². The normalized spacial score (nSPS) is 16.0. The van der Waals surface area contributed by atoms with Gasteiger partial charge >= 0.3 is 0 Å². The Bertz CT molecular complexity index is 952. The van der Waals surface area contributed by atoms with E-state index in [4.69, 9.17) is 0 Å². The first-order valence-corrected chi connectivity index (χ1v) is 10.3. The second kappa shape index (κ2) is 8.02. The number of rotatable bonds is 7. The van der Waals surface area contributed by atoms with Crippen molar-refractivity contribution in [3.05, 3.63) is 65.2 Å². The molecular formula is C20H22N2O4S. The summed E-state index contributed by atoms with van der Waals surface area (Å²) in [7, 11) is -3.72. The second-order valence-corrected chi connectivity index (χ2v) is 8.35. The molecule has 0 spiro atoms. The Morgan fingerprint density at radius 1 is 1.07 bits per heavy atom. The number of carbonyl (C=O) groups is 2. The minimum absolute atomic E-state index is 0.00978. The summed E-state index contributed by atoms with van der Waals surface area (Å²) in [6, 6.07) is 13.7. The van der Waals surface area contributed by atoms with Crippen LogP contribution in [0, 0.1) is 0 Å². The number of sulfonamides is 1. The Balaban J connectivity index is 1.51. The molecule has 0 radical (unpaired) electrons. The van der Waals surface area contributed by atoms with E-state index in [0.717, 1.165) is 18.4 Å². The third-order valence-electron chi connectivity index (χ3n) is 4.68. The highest BCUT2D eigenvalue weighted by Gasteiger charge is 2.23. The third-order valence-corrected chi connectivity index (χ3v) is 6.16. The summed E-state index contributed by atoms with van der Waals surface area (Å²) in [5, 5.41) is 2.97. The lowest BCUT2D eigenvalue weighted by Gasteiger charge is -2.14. The standard InChI is InChI=1S/C20H22N2O4S/c1-14(23)15-6-9-17(10-7-15)27(25,26)21-13-12-20(24)22-19-11-8-16-4-2-3-5-18(16)19/h2-7,9-10,19,21H,8,11-13H2,1H3,(H,22,24). The zero-order chi connectivity index (χ0) is 19.4. The molecule has 0 aliphatic heterocycles. The predicted octanol–water partition coefficient (Wildman–Crippen LogP) is 2.36. The number of amides is 1. The van der Waals surface area contributed by atoms with Gasteiger partial charge in [-0.2, -0.15) is 0 Å². The summed E-state index contributed by atoms with van der Waals surface area (Å²) in [4.78, 5) is 23.5. The number of nitrogens with one attached hydrogen (secondary N) is 2. The van der Waals surface area contributed by atoms with Crippen LogP contribution in [0.5, 0.6) is 0 Å². The highest BCUT2D eigenvalue weighted by Crippen LogP contribution is 2.30. The minimum atomic E-state index is -3.72. The van der Waals surface area contributed by atoms with Gasteiger partial charge in [0, 0.05) is 18.5 Å². The van der Waals surface area contributed by atoms with Crippen LogP contribution in [0.1, 0.15) is 47.3 Å². The smallest absolute Gasteiger partial charge is 0.240 e. The van der Waals surface area contributed by atoms with Crippen molar-refractivity contribution >= 4 is 21.7 Å². The van der Waals surface area contributed by atoms with Gasteiger partial charge in [-0.15, -0.1) is 0 Å². The van der Waals surface area contributed by atoms with Crippen molar-refractivity contribution in [3.8, 4) is 0 Å². The van der Waals surface area contributed by atoms with Crippen LogP contribution in [0.4, 0.5) is 0 Å². The molecule has 1 atom stereocenters. The van der Waals surface area contributed by atoms with Crippen molar-refractivity contribution in [2.75, 3.05) is 6.54 Å². The molecule has 2 N–H and O–H groups in total. The molecule has 0 bridgehead atoms. The first-order chi connectivity index (χ1) is 12.9. The fraction of sp³-hybridized carbons (Fsp3) is 0.300. The first kappa shape index (κ1) is 19.3. The minimum Gasteiger partial charge on any atom is -0.349 e. The van der Waals surface area contributed by atoms with Gasteiger partial charge in [0.1, 0.15) is 0 Å². The maximum absolute atomic E-state index is 12.3. The summed E-state index contributed by atoms with van der Waals surface area (Å²) < 4.78 is 27.0. The Hall–Kier alpha value is -2.51. The van der Waals surface area contributed by atoms with E-state index in [0.29, 0.717) is 5.56 Å². The van der Waals surface area contributed by atoms with Crippen molar-refractivity contribution in [1.82, 2.24) is 10.0 Å². The molecule has 2 aromatic carbocycles. The van der Waals surface area contributed by atoms with Crippen LogP contribution in [0.2, 0.25) is 0 Å². The summed E-state index contributed by atoms with van der Waals surface area (Å²) in [5.74, 6) is -0.316. The van der Waals surface area contributed by atoms with Crippen LogP contribution in [0.25, 0.3) is 0 Å². The fourth-order valence-corrected chi connectivity index (χ4v) is 4.26. The molecule has 0 heterocycles. The topological polar surface area (TPSA) is 92.3 Å². The van der Waals surface area contributed by atoms with Crippen LogP contribution in [0.3, 0.4) is 0 Å². The molecule has 0 fully saturated rings. The zero-order valence-corrected chi connectivity index (χ0v) is 15.9. The zero-order valence-electron chi connectivity index (χ0n) is 15.1. The lowest BCUT2D eigenvalue weighted by Crippen LogP contribution is -2.32. The molecular weight excluding hydrogens is 364 g/mol. The van der Waals surface area contributed by atoms with Crippen molar-refractivity contribution < 1.29 is 18.0 Å². The van der Waals surface area contributed by atoms with E-state index in [2.05, 4.69) is 16.1 Å². The summed E-state index contributed by atoms with van der Waals surface area (Å²) in [6.45, 7) is 1.43. The summed E-state index contributed by atoms with van der Waals surface area (Å²) in [5.41, 5.74) is 2.83. The van der Waals surface area contributed by atoms with Crippen LogP contribution < -0.4 is 10.0 Å².